The van der Waals surface area contributed by atoms with Gasteiger partial charge in [-0.05, 0) is 19.3 Å². The van der Waals surface area contributed by atoms with Crippen LogP contribution in [0.15, 0.2) is 0 Å². The quantitative estimate of drug-likeness (QED) is 0.522. The van der Waals surface area contributed by atoms with Gasteiger partial charge in [-0.2, -0.15) is 12.6 Å². The number of halogens is 1. The molecule has 1 fully saturated rings. The Bertz CT molecular complexity index is 86.5. The molecule has 0 aliphatic heterocycles. The normalized spacial score (nSPS) is 28.9. The number of thiol groups is 1. The van der Waals surface area contributed by atoms with E-state index in [1.165, 1.54) is 0 Å². The van der Waals surface area contributed by atoms with Gasteiger partial charge in [0.1, 0.15) is 5.67 Å². The smallest absolute Gasteiger partial charge is 0.122 e. The molecule has 0 spiro atoms. The molecule has 0 N–H and O–H groups in total. The predicted molar refractivity (Wildman–Crippen MR) is 36.1 cm³/mol. The van der Waals surface area contributed by atoms with Gasteiger partial charge in [-0.25, -0.2) is 4.39 Å². The molecule has 0 heterocycles. The third-order valence-corrected chi connectivity index (χ3v) is 2.40. The Labute approximate surface area is 54.9 Å². The number of hydrogen-bond acceptors (Lipinski definition) is 1. The highest BCUT2D eigenvalue weighted by Crippen LogP contribution is 2.40. The van der Waals surface area contributed by atoms with Gasteiger partial charge in [0.15, 0.2) is 0 Å². The van der Waals surface area contributed by atoms with Crippen molar-refractivity contribution < 1.29 is 4.39 Å². The Hall–Kier alpha value is 0.280. The molecule has 48 valence electrons. The Balaban J connectivity index is 2.41. The first kappa shape index (κ1) is 6.40. The molecular formula is C6H11FS. The van der Waals surface area contributed by atoms with E-state index in [1.807, 2.05) is 6.92 Å². The van der Waals surface area contributed by atoms with Crippen LogP contribution in [0, 0.1) is 0 Å². The van der Waals surface area contributed by atoms with E-state index in [9.17, 15) is 4.39 Å². The van der Waals surface area contributed by atoms with Gasteiger partial charge >= 0.3 is 0 Å². The molecule has 0 aromatic carbocycles. The first-order chi connectivity index (χ1) is 3.65. The maximum Gasteiger partial charge on any atom is 0.122 e. The summed E-state index contributed by atoms with van der Waals surface area (Å²) in [6, 6.07) is 0. The molecule has 0 aromatic heterocycles. The number of hydrogen-bond donors (Lipinski definition) is 1. The summed E-state index contributed by atoms with van der Waals surface area (Å²) >= 11 is 4.03. The number of alkyl halides is 1. The van der Waals surface area contributed by atoms with Crippen LogP contribution in [0.1, 0.15) is 26.2 Å². The van der Waals surface area contributed by atoms with Gasteiger partial charge in [0.05, 0.1) is 0 Å². The molecule has 0 radical (unpaired) electrons. The lowest BCUT2D eigenvalue weighted by Crippen LogP contribution is -2.39. The highest BCUT2D eigenvalue weighted by molar-refractivity contribution is 7.81. The van der Waals surface area contributed by atoms with E-state index in [0.29, 0.717) is 0 Å². The Morgan fingerprint density at radius 2 is 2.12 bits per heavy atom. The van der Waals surface area contributed by atoms with Crippen LogP contribution in [-0.4, -0.2) is 10.9 Å². The molecule has 1 aliphatic rings. The molecule has 2 heteroatoms. The Morgan fingerprint density at radius 1 is 1.62 bits per heavy atom. The highest BCUT2D eigenvalue weighted by Gasteiger charge is 2.40. The first-order valence-corrected chi connectivity index (χ1v) is 3.54. The lowest BCUT2D eigenvalue weighted by atomic mass is 9.80. The molecule has 0 bridgehead atoms. The minimum Gasteiger partial charge on any atom is -0.243 e. The topological polar surface area (TPSA) is 0 Å². The average Bonchev–Trinajstić information content (AvgIpc) is 1.60. The summed E-state index contributed by atoms with van der Waals surface area (Å²) in [5, 5.41) is -0.0729. The maximum absolute atomic E-state index is 13.0. The molecule has 1 saturated carbocycles. The molecule has 1 unspecified atom stereocenters. The van der Waals surface area contributed by atoms with Crippen LogP contribution in [-0.2, 0) is 0 Å². The number of rotatable bonds is 1. The van der Waals surface area contributed by atoms with Gasteiger partial charge < -0.3 is 0 Å². The molecule has 1 aliphatic carbocycles. The fourth-order valence-corrected chi connectivity index (χ4v) is 1.19. The fourth-order valence-electron chi connectivity index (χ4n) is 0.932. The van der Waals surface area contributed by atoms with Crippen molar-refractivity contribution in [2.75, 3.05) is 0 Å². The average molecular weight is 134 g/mol. The van der Waals surface area contributed by atoms with E-state index in [0.717, 1.165) is 19.3 Å². The van der Waals surface area contributed by atoms with Gasteiger partial charge in [0.25, 0.3) is 0 Å². The van der Waals surface area contributed by atoms with Gasteiger partial charge in [0, 0.05) is 5.25 Å². The van der Waals surface area contributed by atoms with Crippen molar-refractivity contribution in [3.63, 3.8) is 0 Å². The van der Waals surface area contributed by atoms with Crippen LogP contribution in [0.25, 0.3) is 0 Å². The molecule has 0 nitrogen and oxygen atoms in total. The summed E-state index contributed by atoms with van der Waals surface area (Å²) < 4.78 is 13.0. The van der Waals surface area contributed by atoms with Crippen molar-refractivity contribution in [3.8, 4) is 0 Å². The lowest BCUT2D eigenvalue weighted by molar-refractivity contribution is 0.0663. The summed E-state index contributed by atoms with van der Waals surface area (Å²) in [4.78, 5) is 0. The van der Waals surface area contributed by atoms with E-state index in [2.05, 4.69) is 12.6 Å². The second-order valence-electron chi connectivity index (χ2n) is 2.56. The van der Waals surface area contributed by atoms with Crippen LogP contribution < -0.4 is 0 Å². The summed E-state index contributed by atoms with van der Waals surface area (Å²) in [5.41, 5.74) is -0.914. The van der Waals surface area contributed by atoms with Gasteiger partial charge in [0.2, 0.25) is 0 Å². The van der Waals surface area contributed by atoms with Crippen LogP contribution >= 0.6 is 12.6 Å². The van der Waals surface area contributed by atoms with Crippen molar-refractivity contribution in [2.45, 2.75) is 37.1 Å². The predicted octanol–water partition coefficient (Wildman–Crippen LogP) is 2.20. The third-order valence-electron chi connectivity index (χ3n) is 1.93. The molecule has 1 atom stereocenters. The third kappa shape index (κ3) is 0.859. The maximum atomic E-state index is 13.0. The zero-order valence-electron chi connectivity index (χ0n) is 5.02. The van der Waals surface area contributed by atoms with Gasteiger partial charge in [-0.15, -0.1) is 0 Å². The summed E-state index contributed by atoms with van der Waals surface area (Å²) in [6.07, 6.45) is 2.48. The molecule has 0 amide bonds. The van der Waals surface area contributed by atoms with Crippen molar-refractivity contribution in [3.05, 3.63) is 0 Å². The van der Waals surface area contributed by atoms with Crippen LogP contribution in [0.4, 0.5) is 4.39 Å². The largest absolute Gasteiger partial charge is 0.243 e. The minimum atomic E-state index is -0.914. The highest BCUT2D eigenvalue weighted by atomic mass is 32.1. The van der Waals surface area contributed by atoms with Crippen molar-refractivity contribution in [1.82, 2.24) is 0 Å². The van der Waals surface area contributed by atoms with Crippen molar-refractivity contribution >= 4 is 12.6 Å². The van der Waals surface area contributed by atoms with E-state index in [1.54, 1.807) is 0 Å². The molecule has 0 saturated heterocycles. The summed E-state index contributed by atoms with van der Waals surface area (Å²) in [6.45, 7) is 1.82. The second-order valence-corrected chi connectivity index (χ2v) is 3.34. The molecule has 0 aromatic rings. The van der Waals surface area contributed by atoms with Crippen LogP contribution in [0.2, 0.25) is 0 Å². The molecule has 8 heavy (non-hydrogen) atoms. The van der Waals surface area contributed by atoms with E-state index < -0.39 is 5.67 Å². The van der Waals surface area contributed by atoms with E-state index >= 15 is 0 Å². The van der Waals surface area contributed by atoms with Crippen molar-refractivity contribution in [1.29, 1.82) is 0 Å². The lowest BCUT2D eigenvalue weighted by Gasteiger charge is -2.36. The second kappa shape index (κ2) is 1.90. The minimum absolute atomic E-state index is 0.0729. The zero-order chi connectivity index (χ0) is 6.20. The van der Waals surface area contributed by atoms with Crippen LogP contribution in [0.3, 0.4) is 0 Å². The molecule has 1 rings (SSSR count). The SMILES string of the molecule is CC(S)C1(F)CCC1. The fraction of sp³-hybridized carbons (Fsp3) is 1.00. The molecular weight excluding hydrogens is 123 g/mol. The Morgan fingerprint density at radius 3 is 2.12 bits per heavy atom. The summed E-state index contributed by atoms with van der Waals surface area (Å²) in [7, 11) is 0. The van der Waals surface area contributed by atoms with Crippen LogP contribution in [0.5, 0.6) is 0 Å². The van der Waals surface area contributed by atoms with Gasteiger partial charge in [-0.3, -0.25) is 0 Å². The monoisotopic (exact) mass is 134 g/mol. The summed E-state index contributed by atoms with van der Waals surface area (Å²) in [5.74, 6) is 0. The standard InChI is InChI=1S/C6H11FS/c1-5(8)6(7)3-2-4-6/h5,8H,2-4H2,1H3. The first-order valence-electron chi connectivity index (χ1n) is 3.02. The Kier molecular flexibility index (Phi) is 1.52. The van der Waals surface area contributed by atoms with E-state index in [4.69, 9.17) is 0 Å². The van der Waals surface area contributed by atoms with Gasteiger partial charge in [-0.1, -0.05) is 6.92 Å². The van der Waals surface area contributed by atoms with Crippen molar-refractivity contribution in [2.24, 2.45) is 0 Å². The zero-order valence-corrected chi connectivity index (χ0v) is 5.92. The van der Waals surface area contributed by atoms with E-state index in [-0.39, 0.29) is 5.25 Å².